The van der Waals surface area contributed by atoms with Gasteiger partial charge in [0.1, 0.15) is 6.61 Å². The van der Waals surface area contributed by atoms with Crippen molar-refractivity contribution in [3.05, 3.63) is 59.7 Å². The van der Waals surface area contributed by atoms with Gasteiger partial charge in [0.25, 0.3) is 0 Å². The normalized spacial score (nSPS) is 11.2. The Kier molecular flexibility index (Phi) is 4.55. The van der Waals surface area contributed by atoms with Gasteiger partial charge in [0, 0.05) is 24.3 Å². The number of aromatic nitrogens is 2. The van der Waals surface area contributed by atoms with Crippen LogP contribution in [0.4, 0.5) is 5.69 Å². The van der Waals surface area contributed by atoms with E-state index in [1.165, 1.54) is 5.56 Å². The highest BCUT2D eigenvalue weighted by atomic mass is 16.5. The largest absolute Gasteiger partial charge is 0.457 e. The van der Waals surface area contributed by atoms with Crippen molar-refractivity contribution in [3.63, 3.8) is 0 Å². The lowest BCUT2D eigenvalue weighted by molar-refractivity contribution is 0.321. The number of hydrogen-bond acceptors (Lipinski definition) is 5. The molecule has 2 aromatic rings. The molecule has 0 atom stereocenters. The number of nitrogens with zero attached hydrogens (tertiary/aromatic N) is 2. The summed E-state index contributed by atoms with van der Waals surface area (Å²) in [6, 6.07) is 8.35. The van der Waals surface area contributed by atoms with E-state index < -0.39 is 0 Å². The average Bonchev–Trinajstić information content (AvgIpc) is 2.45. The highest BCUT2D eigenvalue weighted by Crippen LogP contribution is 2.09. The van der Waals surface area contributed by atoms with Crippen LogP contribution < -0.4 is 15.8 Å². The zero-order chi connectivity index (χ0) is 14.4. The van der Waals surface area contributed by atoms with Gasteiger partial charge in [-0.3, -0.25) is 0 Å². The van der Waals surface area contributed by atoms with Gasteiger partial charge in [-0.25, -0.2) is 9.97 Å². The first-order valence-corrected chi connectivity index (χ1v) is 6.32. The lowest BCUT2D eigenvalue weighted by atomic mass is 10.2. The lowest BCUT2D eigenvalue weighted by Gasteiger charge is -2.06. The van der Waals surface area contributed by atoms with Crippen LogP contribution in [0.2, 0.25) is 0 Å². The number of aryl methyl sites for hydroxylation is 2. The van der Waals surface area contributed by atoms with E-state index in [2.05, 4.69) is 15.3 Å². The van der Waals surface area contributed by atoms with Crippen LogP contribution >= 0.6 is 0 Å². The molecular weight excluding hydrogens is 252 g/mol. The molecule has 3 N–H and O–H groups in total. The summed E-state index contributed by atoms with van der Waals surface area (Å²) in [5, 5.41) is 3.12. The monoisotopic (exact) mass is 270 g/mol. The molecule has 0 bridgehead atoms. The molecule has 2 rings (SSSR count). The van der Waals surface area contributed by atoms with E-state index in [1.54, 1.807) is 18.6 Å². The zero-order valence-corrected chi connectivity index (χ0v) is 11.6. The van der Waals surface area contributed by atoms with Gasteiger partial charge in [-0.1, -0.05) is 12.1 Å². The maximum atomic E-state index is 5.86. The molecular formula is C15H18N4O. The number of rotatable bonds is 5. The van der Waals surface area contributed by atoms with Crippen molar-refractivity contribution in [1.29, 1.82) is 0 Å². The molecule has 0 saturated carbocycles. The Morgan fingerprint density at radius 3 is 2.70 bits per heavy atom. The minimum atomic E-state index is 0.238. The lowest BCUT2D eigenvalue weighted by Crippen LogP contribution is -2.12. The van der Waals surface area contributed by atoms with Gasteiger partial charge in [-0.05, 0) is 37.1 Å². The molecule has 5 nitrogen and oxygen atoms in total. The fraction of sp³-hybridized carbons (Fsp3) is 0.200. The van der Waals surface area contributed by atoms with Crippen LogP contribution in [-0.2, 0) is 0 Å². The third kappa shape index (κ3) is 4.28. The molecule has 1 aromatic heterocycles. The second-order valence-electron chi connectivity index (χ2n) is 4.56. The fourth-order valence-corrected chi connectivity index (χ4v) is 1.56. The van der Waals surface area contributed by atoms with Gasteiger partial charge in [0.15, 0.2) is 0 Å². The first kappa shape index (κ1) is 13.9. The Labute approximate surface area is 118 Å². The van der Waals surface area contributed by atoms with Crippen LogP contribution in [0.25, 0.3) is 0 Å². The quantitative estimate of drug-likeness (QED) is 0.872. The molecule has 1 heterocycles. The maximum absolute atomic E-state index is 5.86. The predicted octanol–water partition coefficient (Wildman–Crippen LogP) is 2.38. The molecule has 0 aliphatic heterocycles. The second kappa shape index (κ2) is 6.56. The van der Waals surface area contributed by atoms with E-state index in [-0.39, 0.29) is 6.61 Å². The molecule has 104 valence electrons. The Morgan fingerprint density at radius 2 is 2.00 bits per heavy atom. The first-order chi connectivity index (χ1) is 9.63. The molecule has 0 fully saturated rings. The number of hydrogen-bond donors (Lipinski definition) is 2. The van der Waals surface area contributed by atoms with Crippen LogP contribution in [0.3, 0.4) is 0 Å². The Morgan fingerprint density at radius 1 is 1.25 bits per heavy atom. The van der Waals surface area contributed by atoms with E-state index in [4.69, 9.17) is 10.5 Å². The van der Waals surface area contributed by atoms with E-state index in [0.29, 0.717) is 11.7 Å². The number of ether oxygens (including phenoxy) is 1. The summed E-state index contributed by atoms with van der Waals surface area (Å²) in [4.78, 5) is 8.09. The van der Waals surface area contributed by atoms with Gasteiger partial charge in [0.2, 0.25) is 0 Å². The van der Waals surface area contributed by atoms with Crippen molar-refractivity contribution < 1.29 is 4.74 Å². The summed E-state index contributed by atoms with van der Waals surface area (Å²) in [5.74, 6) is 0. The van der Waals surface area contributed by atoms with E-state index >= 15 is 0 Å². The summed E-state index contributed by atoms with van der Waals surface area (Å²) in [6.45, 7) is 4.20. The topological polar surface area (TPSA) is 73.1 Å². The smallest absolute Gasteiger partial charge is 0.316 e. The summed E-state index contributed by atoms with van der Waals surface area (Å²) in [7, 11) is 0. The molecule has 0 unspecified atom stereocenters. The molecule has 0 saturated heterocycles. The van der Waals surface area contributed by atoms with Crippen molar-refractivity contribution in [2.45, 2.75) is 13.8 Å². The molecule has 5 heteroatoms. The van der Waals surface area contributed by atoms with Crippen LogP contribution in [0.5, 0.6) is 6.01 Å². The molecule has 1 aromatic carbocycles. The van der Waals surface area contributed by atoms with Gasteiger partial charge >= 0.3 is 6.01 Å². The van der Waals surface area contributed by atoms with Gasteiger partial charge in [0.05, 0.1) is 5.70 Å². The van der Waals surface area contributed by atoms with Crippen molar-refractivity contribution in [1.82, 2.24) is 9.97 Å². The molecule has 0 amide bonds. The predicted molar refractivity (Wildman–Crippen MR) is 79.3 cm³/mol. The highest BCUT2D eigenvalue weighted by molar-refractivity contribution is 5.47. The van der Waals surface area contributed by atoms with Gasteiger partial charge in [-0.2, -0.15) is 0 Å². The minimum Gasteiger partial charge on any atom is -0.457 e. The standard InChI is InChI=1S/C15H18N4O/c1-11-4-3-5-14(6-11)17-9-13(16)10-20-15-18-7-12(2)8-19-15/h3-9,17H,10,16H2,1-2H3/b13-9-. The van der Waals surface area contributed by atoms with E-state index in [9.17, 15) is 0 Å². The Bertz CT molecular complexity index is 593. The van der Waals surface area contributed by atoms with Crippen LogP contribution in [0.15, 0.2) is 48.6 Å². The van der Waals surface area contributed by atoms with Crippen molar-refractivity contribution in [2.24, 2.45) is 5.73 Å². The van der Waals surface area contributed by atoms with Crippen molar-refractivity contribution in [3.8, 4) is 6.01 Å². The number of nitrogens with one attached hydrogen (secondary N) is 1. The molecule has 0 aliphatic carbocycles. The Balaban J connectivity index is 1.86. The van der Waals surface area contributed by atoms with Crippen LogP contribution in [0.1, 0.15) is 11.1 Å². The van der Waals surface area contributed by atoms with E-state index in [0.717, 1.165) is 11.3 Å². The third-order valence-electron chi connectivity index (χ3n) is 2.57. The average molecular weight is 270 g/mol. The summed E-state index contributed by atoms with van der Waals surface area (Å²) in [6.07, 6.45) is 5.11. The summed E-state index contributed by atoms with van der Waals surface area (Å²) >= 11 is 0. The van der Waals surface area contributed by atoms with Gasteiger partial charge < -0.3 is 15.8 Å². The summed E-state index contributed by atoms with van der Waals surface area (Å²) < 4.78 is 5.38. The summed E-state index contributed by atoms with van der Waals surface area (Å²) in [5.41, 5.74) is 9.58. The number of benzene rings is 1. The van der Waals surface area contributed by atoms with Crippen LogP contribution in [-0.4, -0.2) is 16.6 Å². The Hall–Kier alpha value is -2.56. The zero-order valence-electron chi connectivity index (χ0n) is 11.6. The fourth-order valence-electron chi connectivity index (χ4n) is 1.56. The molecule has 0 radical (unpaired) electrons. The maximum Gasteiger partial charge on any atom is 0.316 e. The number of anilines is 1. The van der Waals surface area contributed by atoms with Crippen molar-refractivity contribution in [2.75, 3.05) is 11.9 Å². The molecule has 20 heavy (non-hydrogen) atoms. The third-order valence-corrected chi connectivity index (χ3v) is 2.57. The molecule has 0 spiro atoms. The van der Waals surface area contributed by atoms with E-state index in [1.807, 2.05) is 38.1 Å². The number of nitrogens with two attached hydrogens (primary N) is 1. The van der Waals surface area contributed by atoms with Crippen molar-refractivity contribution >= 4 is 5.69 Å². The minimum absolute atomic E-state index is 0.238. The second-order valence-corrected chi connectivity index (χ2v) is 4.56. The first-order valence-electron chi connectivity index (χ1n) is 6.32. The van der Waals surface area contributed by atoms with Crippen LogP contribution in [0, 0.1) is 13.8 Å². The molecule has 0 aliphatic rings. The van der Waals surface area contributed by atoms with Gasteiger partial charge in [-0.15, -0.1) is 0 Å². The SMILES string of the molecule is Cc1cnc(OC/C(N)=C/Nc2cccc(C)c2)nc1. The highest BCUT2D eigenvalue weighted by Gasteiger charge is 1.98.